The normalized spacial score (nSPS) is 17.9. The van der Waals surface area contributed by atoms with Crippen molar-refractivity contribution in [3.63, 3.8) is 0 Å². The van der Waals surface area contributed by atoms with Crippen LogP contribution >= 0.6 is 0 Å². The van der Waals surface area contributed by atoms with E-state index in [-0.39, 0.29) is 6.04 Å². The van der Waals surface area contributed by atoms with E-state index in [1.165, 1.54) is 7.11 Å². The second-order valence-corrected chi connectivity index (χ2v) is 4.45. The molecule has 0 spiro atoms. The van der Waals surface area contributed by atoms with Gasteiger partial charge in [0.2, 0.25) is 0 Å². The molecule has 100 valence electrons. The van der Waals surface area contributed by atoms with E-state index in [1.807, 2.05) is 12.1 Å². The van der Waals surface area contributed by atoms with Crippen LogP contribution in [0.4, 0.5) is 16.2 Å². The number of nitrogen functional groups attached to an aromatic ring is 1. The standard InChI is InChI=1S/C13H16N4O2/c1-19-13(18)16-10-4-5-17(8-10)11-3-2-9(7-14)12(15)6-11/h2-3,6,10H,4-5,8,15H2,1H3,(H,16,18). The van der Waals surface area contributed by atoms with Gasteiger partial charge in [-0.25, -0.2) is 4.79 Å². The van der Waals surface area contributed by atoms with E-state index in [0.29, 0.717) is 17.8 Å². The fraction of sp³-hybridized carbons (Fsp3) is 0.385. The second-order valence-electron chi connectivity index (χ2n) is 4.45. The number of rotatable bonds is 2. The van der Waals surface area contributed by atoms with Gasteiger partial charge >= 0.3 is 6.09 Å². The number of nitriles is 1. The lowest BCUT2D eigenvalue weighted by molar-refractivity contribution is 0.167. The van der Waals surface area contributed by atoms with Crippen LogP contribution in [0.2, 0.25) is 0 Å². The number of amides is 1. The van der Waals surface area contributed by atoms with Crippen LogP contribution < -0.4 is 16.0 Å². The Hall–Kier alpha value is -2.42. The summed E-state index contributed by atoms with van der Waals surface area (Å²) in [6.45, 7) is 1.54. The smallest absolute Gasteiger partial charge is 0.407 e. The van der Waals surface area contributed by atoms with Crippen LogP contribution in [0.1, 0.15) is 12.0 Å². The highest BCUT2D eigenvalue weighted by molar-refractivity contribution is 5.68. The molecule has 3 N–H and O–H groups in total. The molecular weight excluding hydrogens is 244 g/mol. The summed E-state index contributed by atoms with van der Waals surface area (Å²) in [6.07, 6.45) is 0.445. The molecular formula is C13H16N4O2. The first-order valence-corrected chi connectivity index (χ1v) is 6.03. The van der Waals surface area contributed by atoms with Gasteiger partial charge in [0.05, 0.1) is 24.4 Å². The van der Waals surface area contributed by atoms with Crippen molar-refractivity contribution in [2.24, 2.45) is 0 Å². The van der Waals surface area contributed by atoms with Gasteiger partial charge in [-0.3, -0.25) is 0 Å². The molecule has 1 heterocycles. The molecule has 6 nitrogen and oxygen atoms in total. The summed E-state index contributed by atoms with van der Waals surface area (Å²) in [7, 11) is 1.35. The third-order valence-corrected chi connectivity index (χ3v) is 3.22. The summed E-state index contributed by atoms with van der Waals surface area (Å²) in [5.74, 6) is 0. The molecule has 1 atom stereocenters. The Balaban J connectivity index is 2.03. The van der Waals surface area contributed by atoms with Crippen LogP contribution in [0.5, 0.6) is 0 Å². The number of carbonyl (C=O) groups is 1. The van der Waals surface area contributed by atoms with Crippen LogP contribution in [0.25, 0.3) is 0 Å². The number of carbonyl (C=O) groups excluding carboxylic acids is 1. The summed E-state index contributed by atoms with van der Waals surface area (Å²) in [5, 5.41) is 11.6. The largest absolute Gasteiger partial charge is 0.453 e. The molecule has 2 rings (SSSR count). The van der Waals surface area contributed by atoms with Gasteiger partial charge in [0.25, 0.3) is 0 Å². The van der Waals surface area contributed by atoms with Crippen LogP contribution in [0, 0.1) is 11.3 Å². The zero-order valence-corrected chi connectivity index (χ0v) is 10.7. The SMILES string of the molecule is COC(=O)NC1CCN(c2ccc(C#N)c(N)c2)C1. The van der Waals surface area contributed by atoms with Crippen molar-refractivity contribution in [3.05, 3.63) is 23.8 Å². The van der Waals surface area contributed by atoms with Crippen molar-refractivity contribution >= 4 is 17.5 Å². The van der Waals surface area contributed by atoms with Crippen molar-refractivity contribution in [3.8, 4) is 6.07 Å². The minimum Gasteiger partial charge on any atom is -0.453 e. The lowest BCUT2D eigenvalue weighted by Crippen LogP contribution is -2.36. The Kier molecular flexibility index (Phi) is 3.76. The van der Waals surface area contributed by atoms with Gasteiger partial charge < -0.3 is 20.7 Å². The molecule has 1 amide bonds. The third kappa shape index (κ3) is 2.88. The summed E-state index contributed by atoms with van der Waals surface area (Å²) in [5.41, 5.74) is 7.72. The van der Waals surface area contributed by atoms with E-state index in [1.54, 1.807) is 12.1 Å². The van der Waals surface area contributed by atoms with Crippen LogP contribution in [-0.2, 0) is 4.74 Å². The maximum Gasteiger partial charge on any atom is 0.407 e. The molecule has 19 heavy (non-hydrogen) atoms. The van der Waals surface area contributed by atoms with Gasteiger partial charge in [0.1, 0.15) is 6.07 Å². The molecule has 1 fully saturated rings. The van der Waals surface area contributed by atoms with E-state index in [0.717, 1.165) is 18.7 Å². The number of nitrogens with two attached hydrogens (primary N) is 1. The quantitative estimate of drug-likeness (QED) is 0.776. The lowest BCUT2D eigenvalue weighted by Gasteiger charge is -2.19. The van der Waals surface area contributed by atoms with Crippen molar-refractivity contribution < 1.29 is 9.53 Å². The van der Waals surface area contributed by atoms with Crippen molar-refractivity contribution in [2.75, 3.05) is 30.8 Å². The first kappa shape index (κ1) is 13.0. The number of alkyl carbamates (subject to hydrolysis) is 1. The van der Waals surface area contributed by atoms with E-state index >= 15 is 0 Å². The molecule has 1 aliphatic rings. The Morgan fingerprint density at radius 1 is 1.63 bits per heavy atom. The molecule has 0 saturated carbocycles. The highest BCUT2D eigenvalue weighted by atomic mass is 16.5. The molecule has 1 aromatic rings. The lowest BCUT2D eigenvalue weighted by atomic mass is 10.1. The molecule has 6 heteroatoms. The summed E-state index contributed by atoms with van der Waals surface area (Å²) in [4.78, 5) is 13.3. The Bertz CT molecular complexity index is 524. The van der Waals surface area contributed by atoms with E-state index in [2.05, 4.69) is 15.0 Å². The van der Waals surface area contributed by atoms with Gasteiger partial charge in [-0.2, -0.15) is 5.26 Å². The molecule has 1 aromatic carbocycles. The van der Waals surface area contributed by atoms with E-state index in [9.17, 15) is 4.79 Å². The zero-order valence-electron chi connectivity index (χ0n) is 10.7. The van der Waals surface area contributed by atoms with Crippen LogP contribution in [-0.4, -0.2) is 32.3 Å². The highest BCUT2D eigenvalue weighted by Gasteiger charge is 2.24. The molecule has 0 bridgehead atoms. The van der Waals surface area contributed by atoms with Gasteiger partial charge in [0, 0.05) is 18.8 Å². The molecule has 1 saturated heterocycles. The number of ether oxygens (including phenoxy) is 1. The molecule has 0 aromatic heterocycles. The monoisotopic (exact) mass is 260 g/mol. The average molecular weight is 260 g/mol. The zero-order chi connectivity index (χ0) is 13.8. The van der Waals surface area contributed by atoms with Crippen molar-refractivity contribution in [1.29, 1.82) is 5.26 Å². The van der Waals surface area contributed by atoms with Crippen LogP contribution in [0.15, 0.2) is 18.2 Å². The van der Waals surface area contributed by atoms with Crippen molar-refractivity contribution in [2.45, 2.75) is 12.5 Å². The fourth-order valence-corrected chi connectivity index (χ4v) is 2.19. The summed E-state index contributed by atoms with van der Waals surface area (Å²) < 4.78 is 4.58. The maximum absolute atomic E-state index is 11.1. The minimum atomic E-state index is -0.411. The maximum atomic E-state index is 11.1. The number of benzene rings is 1. The summed E-state index contributed by atoms with van der Waals surface area (Å²) >= 11 is 0. The van der Waals surface area contributed by atoms with Gasteiger partial charge in [0.15, 0.2) is 0 Å². The average Bonchev–Trinajstić information content (AvgIpc) is 2.87. The summed E-state index contributed by atoms with van der Waals surface area (Å²) in [6, 6.07) is 7.49. The van der Waals surface area contributed by atoms with Crippen molar-refractivity contribution in [1.82, 2.24) is 5.32 Å². The Morgan fingerprint density at radius 2 is 2.42 bits per heavy atom. The van der Waals surface area contributed by atoms with E-state index < -0.39 is 6.09 Å². The minimum absolute atomic E-state index is 0.0734. The predicted molar refractivity (Wildman–Crippen MR) is 71.7 cm³/mol. The predicted octanol–water partition coefficient (Wildman–Crippen LogP) is 1.08. The van der Waals surface area contributed by atoms with E-state index in [4.69, 9.17) is 11.0 Å². The topological polar surface area (TPSA) is 91.4 Å². The third-order valence-electron chi connectivity index (χ3n) is 3.22. The highest BCUT2D eigenvalue weighted by Crippen LogP contribution is 2.24. The van der Waals surface area contributed by atoms with Gasteiger partial charge in [-0.05, 0) is 24.6 Å². The van der Waals surface area contributed by atoms with Gasteiger partial charge in [-0.15, -0.1) is 0 Å². The number of methoxy groups -OCH3 is 1. The number of hydrogen-bond acceptors (Lipinski definition) is 5. The first-order valence-electron chi connectivity index (χ1n) is 6.03. The first-order chi connectivity index (χ1) is 9.13. The van der Waals surface area contributed by atoms with Gasteiger partial charge in [-0.1, -0.05) is 0 Å². The van der Waals surface area contributed by atoms with Crippen LogP contribution in [0.3, 0.4) is 0 Å². The number of nitrogens with zero attached hydrogens (tertiary/aromatic N) is 2. The number of hydrogen-bond donors (Lipinski definition) is 2. The molecule has 1 aliphatic heterocycles. The number of anilines is 2. The second kappa shape index (κ2) is 5.48. The molecule has 0 aliphatic carbocycles. The Morgan fingerprint density at radius 3 is 3.05 bits per heavy atom. The molecule has 1 unspecified atom stereocenters. The Labute approximate surface area is 111 Å². The molecule has 0 radical (unpaired) electrons. The number of nitrogens with one attached hydrogen (secondary N) is 1. The fourth-order valence-electron chi connectivity index (χ4n) is 2.19.